The van der Waals surface area contributed by atoms with Crippen LogP contribution in [0.4, 0.5) is 17.1 Å². The first-order chi connectivity index (χ1) is 18.7. The molecule has 0 radical (unpaired) electrons. The van der Waals surface area contributed by atoms with Gasteiger partial charge in [-0.25, -0.2) is 0 Å². The molecule has 0 saturated heterocycles. The summed E-state index contributed by atoms with van der Waals surface area (Å²) >= 11 is 0. The Balaban J connectivity index is 0.000000231. The molecular weight excluding hydrogens is 506 g/mol. The fraction of sp³-hybridized carbons (Fsp3) is 0.0370. The van der Waals surface area contributed by atoms with Crippen molar-refractivity contribution in [2.24, 2.45) is 0 Å². The van der Waals surface area contributed by atoms with Gasteiger partial charge in [-0.05, 0) is 34.9 Å². The molecule has 39 heavy (non-hydrogen) atoms. The highest BCUT2D eigenvalue weighted by molar-refractivity contribution is 5.90. The lowest BCUT2D eigenvalue weighted by Gasteiger charge is -2.07. The molecule has 0 aliphatic rings. The molecule has 4 rings (SSSR count). The number of hydrogen-bond acceptors (Lipinski definition) is 9. The Hall–Kier alpha value is -5.96. The number of nitrogens with zero attached hydrogens (tertiary/aromatic N) is 5. The number of hydrogen-bond donors (Lipinski definition) is 1. The first kappa shape index (κ1) is 27.6. The SMILES string of the molecule is N#C/C(=C\c1ccccc1Cc1ccccn1)c1ccccc1.O=[N+]([O-])c1cc([N+](=O)[O-])c(O)c([N+](=O)[O-])c1. The van der Waals surface area contributed by atoms with Crippen molar-refractivity contribution < 1.29 is 19.9 Å². The maximum Gasteiger partial charge on any atom is 0.324 e. The molecule has 1 N–H and O–H groups in total. The van der Waals surface area contributed by atoms with Crippen molar-refractivity contribution in [3.8, 4) is 11.8 Å². The summed E-state index contributed by atoms with van der Waals surface area (Å²) in [7, 11) is 0. The number of aromatic nitrogens is 1. The average Bonchev–Trinajstić information content (AvgIpc) is 2.93. The number of phenols is 1. The van der Waals surface area contributed by atoms with E-state index in [2.05, 4.69) is 17.1 Å². The van der Waals surface area contributed by atoms with Crippen LogP contribution < -0.4 is 0 Å². The first-order valence-corrected chi connectivity index (χ1v) is 11.2. The molecule has 1 aromatic heterocycles. The average molecular weight is 525 g/mol. The number of phenolic OH excluding ortho intramolecular Hbond substituents is 1. The van der Waals surface area contributed by atoms with Gasteiger partial charge in [0.05, 0.1) is 38.5 Å². The maximum absolute atomic E-state index is 10.4. The molecule has 12 nitrogen and oxygen atoms in total. The van der Waals surface area contributed by atoms with Gasteiger partial charge in [0.1, 0.15) is 0 Å². The van der Waals surface area contributed by atoms with Crippen LogP contribution in [-0.2, 0) is 6.42 Å². The minimum Gasteiger partial charge on any atom is -0.497 e. The van der Waals surface area contributed by atoms with E-state index in [-0.39, 0.29) is 0 Å². The molecule has 4 aromatic rings. The van der Waals surface area contributed by atoms with Crippen molar-refractivity contribution in [2.45, 2.75) is 6.42 Å². The number of nitro benzene ring substituents is 3. The number of non-ortho nitro benzene ring substituents is 1. The molecule has 12 heteroatoms. The quantitative estimate of drug-likeness (QED) is 0.133. The van der Waals surface area contributed by atoms with E-state index in [0.717, 1.165) is 28.8 Å². The number of allylic oxidation sites excluding steroid dienone is 1. The standard InChI is InChI=1S/C21H16N2.C6H3N3O7/c22-16-20(17-8-2-1-3-9-17)14-18-10-4-5-11-19(18)15-21-12-6-7-13-23-21;10-6-4(8(13)14)1-3(7(11)12)2-5(6)9(15)16/h1-14H,15H2;1-2,10H/b20-14+;. The zero-order valence-corrected chi connectivity index (χ0v) is 20.1. The van der Waals surface area contributed by atoms with Crippen LogP contribution in [0.1, 0.15) is 22.4 Å². The van der Waals surface area contributed by atoms with Gasteiger partial charge in [-0.1, -0.05) is 60.7 Å². The highest BCUT2D eigenvalue weighted by Crippen LogP contribution is 2.39. The fourth-order valence-corrected chi connectivity index (χ4v) is 3.46. The lowest BCUT2D eigenvalue weighted by atomic mass is 9.98. The van der Waals surface area contributed by atoms with E-state index < -0.39 is 37.6 Å². The Bertz CT molecular complexity index is 1550. The van der Waals surface area contributed by atoms with E-state index >= 15 is 0 Å². The van der Waals surface area contributed by atoms with Gasteiger partial charge in [-0.3, -0.25) is 35.3 Å². The molecule has 1 heterocycles. The first-order valence-electron chi connectivity index (χ1n) is 11.2. The molecule has 0 aliphatic heterocycles. The van der Waals surface area contributed by atoms with Gasteiger partial charge in [0.25, 0.3) is 11.4 Å². The number of benzene rings is 3. The van der Waals surface area contributed by atoms with Gasteiger partial charge in [0, 0.05) is 18.3 Å². The van der Waals surface area contributed by atoms with Crippen molar-refractivity contribution >= 4 is 28.7 Å². The van der Waals surface area contributed by atoms with Crippen molar-refractivity contribution in [2.75, 3.05) is 0 Å². The third kappa shape index (κ3) is 7.28. The summed E-state index contributed by atoms with van der Waals surface area (Å²) in [6.45, 7) is 0. The Labute approximate surface area is 221 Å². The number of pyridine rings is 1. The van der Waals surface area contributed by atoms with Gasteiger partial charge in [-0.15, -0.1) is 0 Å². The molecular formula is C27H19N5O7. The molecule has 0 fully saturated rings. The second-order valence-corrected chi connectivity index (χ2v) is 7.84. The van der Waals surface area contributed by atoms with Crippen molar-refractivity contribution in [3.63, 3.8) is 0 Å². The summed E-state index contributed by atoms with van der Waals surface area (Å²) in [5.74, 6) is -1.21. The monoisotopic (exact) mass is 525 g/mol. The molecule has 0 spiro atoms. The summed E-state index contributed by atoms with van der Waals surface area (Å²) in [4.78, 5) is 32.2. The predicted octanol–water partition coefficient (Wildman–Crippen LogP) is 5.85. The van der Waals surface area contributed by atoms with Crippen molar-refractivity contribution in [3.05, 3.63) is 144 Å². The van der Waals surface area contributed by atoms with E-state index in [4.69, 9.17) is 5.11 Å². The Kier molecular flexibility index (Phi) is 9.09. The summed E-state index contributed by atoms with van der Waals surface area (Å²) in [5, 5.41) is 49.7. The van der Waals surface area contributed by atoms with Crippen LogP contribution >= 0.6 is 0 Å². The normalized spacial score (nSPS) is 10.5. The third-order valence-electron chi connectivity index (χ3n) is 5.32. The van der Waals surface area contributed by atoms with E-state index in [9.17, 15) is 35.6 Å². The number of rotatable bonds is 7. The highest BCUT2D eigenvalue weighted by atomic mass is 16.6. The van der Waals surface area contributed by atoms with E-state index in [1.807, 2.05) is 72.8 Å². The fourth-order valence-electron chi connectivity index (χ4n) is 3.46. The van der Waals surface area contributed by atoms with Crippen LogP contribution in [-0.4, -0.2) is 24.9 Å². The van der Waals surface area contributed by atoms with E-state index in [1.165, 1.54) is 0 Å². The topological polar surface area (TPSA) is 186 Å². The summed E-state index contributed by atoms with van der Waals surface area (Å²) < 4.78 is 0. The van der Waals surface area contributed by atoms with Crippen molar-refractivity contribution in [1.82, 2.24) is 4.98 Å². The van der Waals surface area contributed by atoms with Crippen LogP contribution in [0, 0.1) is 41.7 Å². The lowest BCUT2D eigenvalue weighted by Crippen LogP contribution is -1.97. The molecule has 0 atom stereocenters. The van der Waals surface area contributed by atoms with Gasteiger partial charge in [-0.2, -0.15) is 5.26 Å². The zero-order valence-electron chi connectivity index (χ0n) is 20.1. The minimum atomic E-state index is -1.21. The Morgan fingerprint density at radius 1 is 0.846 bits per heavy atom. The highest BCUT2D eigenvalue weighted by Gasteiger charge is 2.30. The van der Waals surface area contributed by atoms with Gasteiger partial charge in [0.15, 0.2) is 0 Å². The van der Waals surface area contributed by atoms with E-state index in [0.29, 0.717) is 17.7 Å². The lowest BCUT2D eigenvalue weighted by molar-refractivity contribution is -0.404. The molecule has 0 amide bonds. The molecule has 3 aromatic carbocycles. The molecule has 0 unspecified atom stereocenters. The largest absolute Gasteiger partial charge is 0.497 e. The van der Waals surface area contributed by atoms with Crippen LogP contribution in [0.2, 0.25) is 0 Å². The second kappa shape index (κ2) is 12.8. The smallest absolute Gasteiger partial charge is 0.324 e. The predicted molar refractivity (Wildman–Crippen MR) is 141 cm³/mol. The van der Waals surface area contributed by atoms with Crippen LogP contribution in [0.15, 0.2) is 91.1 Å². The van der Waals surface area contributed by atoms with Gasteiger partial charge < -0.3 is 5.11 Å². The zero-order chi connectivity index (χ0) is 28.4. The molecule has 0 aliphatic carbocycles. The maximum atomic E-state index is 10.4. The van der Waals surface area contributed by atoms with Crippen molar-refractivity contribution in [1.29, 1.82) is 5.26 Å². The summed E-state index contributed by atoms with van der Waals surface area (Å²) in [6, 6.07) is 27.0. The van der Waals surface area contributed by atoms with E-state index in [1.54, 1.807) is 6.20 Å². The molecule has 0 saturated carbocycles. The van der Waals surface area contributed by atoms with Crippen LogP contribution in [0.5, 0.6) is 5.75 Å². The minimum absolute atomic E-state index is 0.447. The van der Waals surface area contributed by atoms with Crippen LogP contribution in [0.3, 0.4) is 0 Å². The molecule has 0 bridgehead atoms. The summed E-state index contributed by atoms with van der Waals surface area (Å²) in [5.41, 5.74) is 1.83. The van der Waals surface area contributed by atoms with Gasteiger partial charge in [0.2, 0.25) is 0 Å². The number of nitro groups is 3. The summed E-state index contributed by atoms with van der Waals surface area (Å²) in [6.07, 6.45) is 4.51. The Morgan fingerprint density at radius 3 is 1.97 bits per heavy atom. The second-order valence-electron chi connectivity index (χ2n) is 7.84. The van der Waals surface area contributed by atoms with Crippen LogP contribution in [0.25, 0.3) is 11.6 Å². The third-order valence-corrected chi connectivity index (χ3v) is 5.32. The Morgan fingerprint density at radius 2 is 1.44 bits per heavy atom. The number of aromatic hydroxyl groups is 1. The molecule has 194 valence electrons. The van der Waals surface area contributed by atoms with Gasteiger partial charge >= 0.3 is 11.4 Å². The number of nitriles is 1.